The van der Waals surface area contributed by atoms with Gasteiger partial charge in [0.15, 0.2) is 5.82 Å². The maximum absolute atomic E-state index is 12.3. The van der Waals surface area contributed by atoms with Crippen molar-refractivity contribution < 1.29 is 14.1 Å². The maximum atomic E-state index is 12.3. The molecule has 0 saturated heterocycles. The van der Waals surface area contributed by atoms with E-state index in [1.807, 2.05) is 45.0 Å². The fraction of sp³-hybridized carbons (Fsp3) is 0.550. The van der Waals surface area contributed by atoms with E-state index in [1.165, 1.54) is 12.8 Å². The first kappa shape index (κ1) is 18.4. The summed E-state index contributed by atoms with van der Waals surface area (Å²) >= 11 is 0. The Hall–Kier alpha value is -2.37. The lowest BCUT2D eigenvalue weighted by Gasteiger charge is -2.16. The molecule has 2 aromatic rings. The minimum atomic E-state index is -0.166. The SMILES string of the molecule is CC(C)(C)c1noc(CCC(=O)Nc2ccccc2OC2CCCC2)n1. The van der Waals surface area contributed by atoms with Crippen molar-refractivity contribution in [3.05, 3.63) is 36.0 Å². The number of hydrogen-bond donors (Lipinski definition) is 1. The van der Waals surface area contributed by atoms with Crippen LogP contribution in [0.2, 0.25) is 0 Å². The van der Waals surface area contributed by atoms with Crippen LogP contribution in [0, 0.1) is 0 Å². The van der Waals surface area contributed by atoms with Crippen LogP contribution in [0.3, 0.4) is 0 Å². The fourth-order valence-corrected chi connectivity index (χ4v) is 2.95. The first-order chi connectivity index (χ1) is 12.4. The van der Waals surface area contributed by atoms with E-state index in [1.54, 1.807) is 0 Å². The number of rotatable bonds is 6. The van der Waals surface area contributed by atoms with Gasteiger partial charge in [-0.05, 0) is 37.8 Å². The molecule has 0 bridgehead atoms. The molecule has 26 heavy (non-hydrogen) atoms. The van der Waals surface area contributed by atoms with E-state index >= 15 is 0 Å². The third-order valence-corrected chi connectivity index (χ3v) is 4.46. The molecule has 0 radical (unpaired) electrons. The number of ether oxygens (including phenoxy) is 1. The molecule has 6 nitrogen and oxygen atoms in total. The molecular formula is C20H27N3O3. The van der Waals surface area contributed by atoms with Crippen LogP contribution in [-0.2, 0) is 16.6 Å². The molecule has 6 heteroatoms. The number of anilines is 1. The minimum Gasteiger partial charge on any atom is -0.488 e. The normalized spacial score (nSPS) is 15.2. The van der Waals surface area contributed by atoms with Gasteiger partial charge in [0.2, 0.25) is 11.8 Å². The number of nitrogens with one attached hydrogen (secondary N) is 1. The Bertz CT molecular complexity index is 743. The number of aryl methyl sites for hydroxylation is 1. The lowest BCUT2D eigenvalue weighted by atomic mass is 9.96. The Morgan fingerprint density at radius 2 is 2.00 bits per heavy atom. The van der Waals surface area contributed by atoms with Gasteiger partial charge in [-0.25, -0.2) is 0 Å². The molecule has 0 atom stereocenters. The highest BCUT2D eigenvalue weighted by atomic mass is 16.5. The van der Waals surface area contributed by atoms with Gasteiger partial charge in [0.1, 0.15) is 5.75 Å². The first-order valence-electron chi connectivity index (χ1n) is 9.30. The lowest BCUT2D eigenvalue weighted by Crippen LogP contribution is -2.16. The third-order valence-electron chi connectivity index (χ3n) is 4.46. The van der Waals surface area contributed by atoms with E-state index in [0.29, 0.717) is 23.8 Å². The van der Waals surface area contributed by atoms with Gasteiger partial charge in [-0.1, -0.05) is 38.1 Å². The van der Waals surface area contributed by atoms with Crippen LogP contribution in [-0.4, -0.2) is 22.2 Å². The standard InChI is InChI=1S/C20H27N3O3/c1-20(2,3)19-22-18(26-23-19)13-12-17(24)21-15-10-6-7-11-16(15)25-14-8-4-5-9-14/h6-7,10-11,14H,4-5,8-9,12-13H2,1-3H3,(H,21,24). The van der Waals surface area contributed by atoms with Crippen molar-refractivity contribution in [1.82, 2.24) is 10.1 Å². The van der Waals surface area contributed by atoms with Crippen LogP contribution >= 0.6 is 0 Å². The maximum Gasteiger partial charge on any atom is 0.227 e. The molecule has 1 aromatic carbocycles. The van der Waals surface area contributed by atoms with Gasteiger partial charge in [0, 0.05) is 18.3 Å². The van der Waals surface area contributed by atoms with Crippen LogP contribution in [0.5, 0.6) is 5.75 Å². The number of hydrogen-bond acceptors (Lipinski definition) is 5. The molecule has 1 aliphatic rings. The van der Waals surface area contributed by atoms with E-state index in [2.05, 4.69) is 15.5 Å². The highest BCUT2D eigenvalue weighted by molar-refractivity contribution is 5.92. The summed E-state index contributed by atoms with van der Waals surface area (Å²) in [7, 11) is 0. The van der Waals surface area contributed by atoms with E-state index in [9.17, 15) is 4.79 Å². The number of amides is 1. The van der Waals surface area contributed by atoms with Crippen LogP contribution < -0.4 is 10.1 Å². The average molecular weight is 357 g/mol. The quantitative estimate of drug-likeness (QED) is 0.836. The molecule has 0 spiro atoms. The smallest absolute Gasteiger partial charge is 0.227 e. The zero-order valence-electron chi connectivity index (χ0n) is 15.7. The predicted molar refractivity (Wildman–Crippen MR) is 99.3 cm³/mol. The average Bonchev–Trinajstić information content (AvgIpc) is 3.26. The number of benzene rings is 1. The number of para-hydroxylation sites is 2. The van der Waals surface area contributed by atoms with E-state index < -0.39 is 0 Å². The molecule has 1 heterocycles. The molecule has 1 saturated carbocycles. The highest BCUT2D eigenvalue weighted by Gasteiger charge is 2.21. The van der Waals surface area contributed by atoms with E-state index in [0.717, 1.165) is 18.6 Å². The number of carbonyl (C=O) groups excluding carboxylic acids is 1. The molecule has 140 valence electrons. The lowest BCUT2D eigenvalue weighted by molar-refractivity contribution is -0.116. The summed E-state index contributed by atoms with van der Waals surface area (Å²) < 4.78 is 11.3. The summed E-state index contributed by atoms with van der Waals surface area (Å²) in [4.78, 5) is 16.7. The van der Waals surface area contributed by atoms with E-state index in [-0.39, 0.29) is 23.8 Å². The van der Waals surface area contributed by atoms with Gasteiger partial charge in [-0.3, -0.25) is 4.79 Å². The van der Waals surface area contributed by atoms with Crippen molar-refractivity contribution in [2.75, 3.05) is 5.32 Å². The Morgan fingerprint density at radius 3 is 2.69 bits per heavy atom. The van der Waals surface area contributed by atoms with E-state index in [4.69, 9.17) is 9.26 Å². The van der Waals surface area contributed by atoms with Crippen LogP contribution in [0.15, 0.2) is 28.8 Å². The van der Waals surface area contributed by atoms with Crippen molar-refractivity contribution in [3.63, 3.8) is 0 Å². The number of aromatic nitrogens is 2. The van der Waals surface area contributed by atoms with Gasteiger partial charge < -0.3 is 14.6 Å². The second-order valence-electron chi connectivity index (χ2n) is 7.83. The largest absolute Gasteiger partial charge is 0.488 e. The zero-order valence-corrected chi connectivity index (χ0v) is 15.7. The second-order valence-corrected chi connectivity index (χ2v) is 7.83. The molecule has 1 fully saturated rings. The number of nitrogens with zero attached hydrogens (tertiary/aromatic N) is 2. The van der Waals surface area contributed by atoms with Gasteiger partial charge in [-0.2, -0.15) is 4.98 Å². The Kier molecular flexibility index (Phi) is 5.59. The van der Waals surface area contributed by atoms with Gasteiger partial charge in [0.25, 0.3) is 0 Å². The molecule has 1 N–H and O–H groups in total. The van der Waals surface area contributed by atoms with Crippen molar-refractivity contribution >= 4 is 11.6 Å². The summed E-state index contributed by atoms with van der Waals surface area (Å²) in [6, 6.07) is 7.59. The molecular weight excluding hydrogens is 330 g/mol. The summed E-state index contributed by atoms with van der Waals surface area (Å²) in [6.45, 7) is 6.07. The molecule has 3 rings (SSSR count). The van der Waals surface area contributed by atoms with Crippen LogP contribution in [0.4, 0.5) is 5.69 Å². The Morgan fingerprint density at radius 1 is 1.27 bits per heavy atom. The van der Waals surface area contributed by atoms with Crippen molar-refractivity contribution in [2.45, 2.75) is 70.8 Å². The first-order valence-corrected chi connectivity index (χ1v) is 9.30. The van der Waals surface area contributed by atoms with Gasteiger partial charge in [0.05, 0.1) is 11.8 Å². The van der Waals surface area contributed by atoms with Crippen LogP contribution in [0.25, 0.3) is 0 Å². The topological polar surface area (TPSA) is 77.2 Å². The molecule has 0 aliphatic heterocycles. The third kappa shape index (κ3) is 4.84. The molecule has 0 unspecified atom stereocenters. The summed E-state index contributed by atoms with van der Waals surface area (Å²) in [5, 5.41) is 6.92. The summed E-state index contributed by atoms with van der Waals surface area (Å²) in [5.74, 6) is 1.78. The monoisotopic (exact) mass is 357 g/mol. The fourth-order valence-electron chi connectivity index (χ4n) is 2.95. The van der Waals surface area contributed by atoms with Gasteiger partial charge in [-0.15, -0.1) is 0 Å². The zero-order chi connectivity index (χ0) is 18.6. The highest BCUT2D eigenvalue weighted by Crippen LogP contribution is 2.29. The number of carbonyl (C=O) groups is 1. The molecule has 1 aromatic heterocycles. The predicted octanol–water partition coefficient (Wildman–Crippen LogP) is 4.26. The van der Waals surface area contributed by atoms with Gasteiger partial charge >= 0.3 is 0 Å². The van der Waals surface area contributed by atoms with Crippen molar-refractivity contribution in [3.8, 4) is 5.75 Å². The van der Waals surface area contributed by atoms with Crippen molar-refractivity contribution in [2.24, 2.45) is 0 Å². The molecule has 1 amide bonds. The van der Waals surface area contributed by atoms with Crippen LogP contribution in [0.1, 0.15) is 64.6 Å². The molecule has 1 aliphatic carbocycles. The summed E-state index contributed by atoms with van der Waals surface area (Å²) in [5.41, 5.74) is 0.547. The van der Waals surface area contributed by atoms with Crippen molar-refractivity contribution in [1.29, 1.82) is 0 Å². The Balaban J connectivity index is 1.55. The second kappa shape index (κ2) is 7.89. The Labute approximate surface area is 154 Å². The minimum absolute atomic E-state index is 0.0945. The summed E-state index contributed by atoms with van der Waals surface area (Å²) in [6.07, 6.45) is 5.52.